The van der Waals surface area contributed by atoms with E-state index in [1.165, 1.54) is 0 Å². The van der Waals surface area contributed by atoms with Gasteiger partial charge in [0.05, 0.1) is 11.6 Å². The molecule has 34 heavy (non-hydrogen) atoms. The Hall–Kier alpha value is -2.92. The molecule has 2 saturated heterocycles. The summed E-state index contributed by atoms with van der Waals surface area (Å²) in [5.41, 5.74) is 3.47. The third kappa shape index (κ3) is 5.41. The Morgan fingerprint density at radius 3 is 2.79 bits per heavy atom. The summed E-state index contributed by atoms with van der Waals surface area (Å²) in [6.07, 6.45) is 1.47. The van der Waals surface area contributed by atoms with E-state index in [0.717, 1.165) is 37.1 Å². The molecule has 0 aromatic heterocycles. The third-order valence-corrected chi connectivity index (χ3v) is 6.79. The highest BCUT2D eigenvalue weighted by Gasteiger charge is 2.34. The van der Waals surface area contributed by atoms with Crippen molar-refractivity contribution in [3.63, 3.8) is 0 Å². The molecule has 7 nitrogen and oxygen atoms in total. The molecule has 2 fully saturated rings. The van der Waals surface area contributed by atoms with Crippen LogP contribution in [0.15, 0.2) is 36.4 Å². The van der Waals surface area contributed by atoms with Crippen molar-refractivity contribution in [2.24, 2.45) is 0 Å². The van der Waals surface area contributed by atoms with Crippen LogP contribution in [0.2, 0.25) is 5.02 Å². The summed E-state index contributed by atoms with van der Waals surface area (Å²) in [7, 11) is 0. The minimum Gasteiger partial charge on any atom is -0.368 e. The highest BCUT2D eigenvalue weighted by Crippen LogP contribution is 2.28. The number of carbonyl (C=O) groups excluding carboxylic acids is 2. The lowest BCUT2D eigenvalue weighted by atomic mass is 10.0. The smallest absolute Gasteiger partial charge is 0.255 e. The molecule has 4 rings (SSSR count). The zero-order valence-corrected chi connectivity index (χ0v) is 20.3. The Balaban J connectivity index is 1.43. The van der Waals surface area contributed by atoms with E-state index >= 15 is 0 Å². The Kier molecular flexibility index (Phi) is 7.52. The van der Waals surface area contributed by atoms with Gasteiger partial charge in [-0.2, -0.15) is 5.26 Å². The molecular weight excluding hydrogens is 452 g/mol. The molecule has 0 saturated carbocycles. The minimum absolute atomic E-state index is 0.0940. The van der Waals surface area contributed by atoms with Gasteiger partial charge in [-0.1, -0.05) is 17.7 Å². The zero-order valence-electron chi connectivity index (χ0n) is 19.5. The minimum atomic E-state index is -0.289. The maximum absolute atomic E-state index is 12.8. The van der Waals surface area contributed by atoms with E-state index in [9.17, 15) is 9.59 Å². The molecule has 0 spiro atoms. The van der Waals surface area contributed by atoms with E-state index in [1.807, 2.05) is 17.9 Å². The van der Waals surface area contributed by atoms with Gasteiger partial charge in [0.2, 0.25) is 0 Å². The number of rotatable bonds is 5. The van der Waals surface area contributed by atoms with E-state index in [-0.39, 0.29) is 24.0 Å². The first-order valence-corrected chi connectivity index (χ1v) is 12.0. The lowest BCUT2D eigenvalue weighted by Crippen LogP contribution is -2.55. The van der Waals surface area contributed by atoms with E-state index in [0.29, 0.717) is 41.5 Å². The van der Waals surface area contributed by atoms with Gasteiger partial charge in [-0.15, -0.1) is 0 Å². The molecule has 1 N–H and O–H groups in total. The van der Waals surface area contributed by atoms with Crippen molar-refractivity contribution in [1.29, 1.82) is 5.26 Å². The topological polar surface area (TPSA) is 85.7 Å². The highest BCUT2D eigenvalue weighted by atomic mass is 35.5. The van der Waals surface area contributed by atoms with Crippen LogP contribution in [0.4, 0.5) is 5.69 Å². The molecule has 2 aliphatic rings. The standard InChI is InChI=1S/C26H29ClN4O3/c1-17-15-30(8-9-31(17)26(33)24-7-4-10-34-24)16-21-12-22(27)13-23(18(21)2)29-25(32)20-6-3-5-19(11-20)14-28/h3,5-6,11-13,17,24H,4,7-10,15-16H2,1-2H3,(H,29,32)/t17-,24?/m0/s1. The van der Waals surface area contributed by atoms with E-state index in [1.54, 1.807) is 30.3 Å². The van der Waals surface area contributed by atoms with Crippen LogP contribution < -0.4 is 5.32 Å². The molecule has 2 aromatic rings. The van der Waals surface area contributed by atoms with E-state index in [2.05, 4.69) is 23.2 Å². The molecule has 1 unspecified atom stereocenters. The predicted molar refractivity (Wildman–Crippen MR) is 131 cm³/mol. The van der Waals surface area contributed by atoms with Crippen molar-refractivity contribution in [2.75, 3.05) is 31.6 Å². The summed E-state index contributed by atoms with van der Waals surface area (Å²) in [5.74, 6) is -0.183. The maximum atomic E-state index is 12.8. The Morgan fingerprint density at radius 2 is 2.09 bits per heavy atom. The molecule has 0 bridgehead atoms. The van der Waals surface area contributed by atoms with Crippen molar-refractivity contribution < 1.29 is 14.3 Å². The first-order valence-electron chi connectivity index (χ1n) is 11.6. The number of piperazine rings is 1. The summed E-state index contributed by atoms with van der Waals surface area (Å²) in [6, 6.07) is 12.4. The number of benzene rings is 2. The lowest BCUT2D eigenvalue weighted by Gasteiger charge is -2.41. The number of amides is 2. The summed E-state index contributed by atoms with van der Waals surface area (Å²) in [5, 5.41) is 12.6. The van der Waals surface area contributed by atoms with Gasteiger partial charge in [0, 0.05) is 55.1 Å². The van der Waals surface area contributed by atoms with Crippen molar-refractivity contribution in [2.45, 2.75) is 45.4 Å². The Bertz CT molecular complexity index is 1120. The average molecular weight is 481 g/mol. The van der Waals surface area contributed by atoms with Crippen molar-refractivity contribution in [1.82, 2.24) is 9.80 Å². The number of nitriles is 1. The normalized spacial score (nSPS) is 20.7. The number of carbonyl (C=O) groups is 2. The fourth-order valence-corrected chi connectivity index (χ4v) is 4.90. The quantitative estimate of drug-likeness (QED) is 0.699. The van der Waals surface area contributed by atoms with Crippen molar-refractivity contribution in [3.8, 4) is 6.07 Å². The van der Waals surface area contributed by atoms with Gasteiger partial charge >= 0.3 is 0 Å². The fraction of sp³-hybridized carbons (Fsp3) is 0.423. The van der Waals surface area contributed by atoms with Crippen LogP contribution in [0, 0.1) is 18.3 Å². The molecule has 8 heteroatoms. The summed E-state index contributed by atoms with van der Waals surface area (Å²) < 4.78 is 5.59. The van der Waals surface area contributed by atoms with Gasteiger partial charge < -0.3 is 15.0 Å². The summed E-state index contributed by atoms with van der Waals surface area (Å²) in [4.78, 5) is 29.8. The molecule has 2 aromatic carbocycles. The Labute approximate surface area is 205 Å². The van der Waals surface area contributed by atoms with Crippen molar-refractivity contribution in [3.05, 3.63) is 63.7 Å². The van der Waals surface area contributed by atoms with E-state index < -0.39 is 0 Å². The van der Waals surface area contributed by atoms with Crippen LogP contribution >= 0.6 is 11.6 Å². The average Bonchev–Trinajstić information content (AvgIpc) is 3.37. The van der Waals surface area contributed by atoms with Gasteiger partial charge in [-0.25, -0.2) is 0 Å². The summed E-state index contributed by atoms with van der Waals surface area (Å²) in [6.45, 7) is 7.56. The predicted octanol–water partition coefficient (Wildman–Crippen LogP) is 3.98. The first-order chi connectivity index (χ1) is 16.4. The first kappa shape index (κ1) is 24.2. The number of nitrogens with zero attached hydrogens (tertiary/aromatic N) is 3. The number of anilines is 1. The van der Waals surface area contributed by atoms with Crippen molar-refractivity contribution >= 4 is 29.1 Å². The molecule has 0 radical (unpaired) electrons. The molecule has 2 atom stereocenters. The second-order valence-electron chi connectivity index (χ2n) is 9.00. The van der Waals surface area contributed by atoms with Gasteiger partial charge in [0.1, 0.15) is 6.10 Å². The van der Waals surface area contributed by atoms with E-state index in [4.69, 9.17) is 21.6 Å². The molecule has 0 aliphatic carbocycles. The largest absolute Gasteiger partial charge is 0.368 e. The van der Waals surface area contributed by atoms with Crippen LogP contribution in [0.25, 0.3) is 0 Å². The number of hydrogen-bond donors (Lipinski definition) is 1. The lowest BCUT2D eigenvalue weighted by molar-refractivity contribution is -0.145. The summed E-state index contributed by atoms with van der Waals surface area (Å²) >= 11 is 6.40. The van der Waals surface area contributed by atoms with Gasteiger partial charge in [-0.3, -0.25) is 14.5 Å². The molecule has 178 valence electrons. The zero-order chi connectivity index (χ0) is 24.2. The van der Waals surface area contributed by atoms with Gasteiger partial charge in [0.25, 0.3) is 11.8 Å². The second-order valence-corrected chi connectivity index (χ2v) is 9.44. The molecule has 2 amide bonds. The van der Waals surface area contributed by atoms with Gasteiger partial charge in [0.15, 0.2) is 0 Å². The van der Waals surface area contributed by atoms with Crippen LogP contribution in [-0.2, 0) is 16.1 Å². The SMILES string of the molecule is Cc1c(CN2CCN(C(=O)C3CCCO3)[C@@H](C)C2)cc(Cl)cc1NC(=O)c1cccc(C#N)c1. The van der Waals surface area contributed by atoms with Gasteiger partial charge in [-0.05, 0) is 68.1 Å². The fourth-order valence-electron chi connectivity index (χ4n) is 4.66. The number of ether oxygens (including phenoxy) is 1. The third-order valence-electron chi connectivity index (χ3n) is 6.58. The molecular formula is C26H29ClN4O3. The van der Waals surface area contributed by atoms with Crippen LogP contribution in [0.5, 0.6) is 0 Å². The number of halogens is 1. The highest BCUT2D eigenvalue weighted by molar-refractivity contribution is 6.31. The number of nitrogens with one attached hydrogen (secondary N) is 1. The number of hydrogen-bond acceptors (Lipinski definition) is 5. The Morgan fingerprint density at radius 1 is 1.26 bits per heavy atom. The van der Waals surface area contributed by atoms with Crippen LogP contribution in [0.1, 0.15) is 46.8 Å². The molecule has 2 heterocycles. The monoisotopic (exact) mass is 480 g/mol. The van der Waals surface area contributed by atoms with Crippen LogP contribution in [0.3, 0.4) is 0 Å². The van der Waals surface area contributed by atoms with Crippen LogP contribution in [-0.4, -0.2) is 60.0 Å². The second kappa shape index (κ2) is 10.6. The maximum Gasteiger partial charge on any atom is 0.255 e. The molecule has 2 aliphatic heterocycles.